The molecule has 0 bridgehead atoms. The van der Waals surface area contributed by atoms with Crippen molar-refractivity contribution in [1.29, 1.82) is 0 Å². The molecule has 0 unspecified atom stereocenters. The molecule has 0 aromatic carbocycles. The number of nitrogens with zero attached hydrogens (tertiary/aromatic N) is 3. The third kappa shape index (κ3) is 3.25. The lowest BCUT2D eigenvalue weighted by molar-refractivity contribution is -0.143. The Kier molecular flexibility index (Phi) is 4.90. The van der Waals surface area contributed by atoms with Crippen molar-refractivity contribution in [3.8, 4) is 5.88 Å². The molecule has 138 valence electrons. The molecule has 1 aliphatic heterocycles. The molecule has 2 N–H and O–H groups in total. The molecule has 1 aliphatic rings. The van der Waals surface area contributed by atoms with Gasteiger partial charge in [-0.2, -0.15) is 0 Å². The molecule has 1 saturated heterocycles. The van der Waals surface area contributed by atoms with E-state index in [1.807, 2.05) is 0 Å². The van der Waals surface area contributed by atoms with Crippen LogP contribution in [0.3, 0.4) is 0 Å². The highest BCUT2D eigenvalue weighted by molar-refractivity contribution is 6.03. The van der Waals surface area contributed by atoms with Gasteiger partial charge in [-0.05, 0) is 12.1 Å². The zero-order valence-corrected chi connectivity index (χ0v) is 14.6. The zero-order valence-electron chi connectivity index (χ0n) is 14.6. The van der Waals surface area contributed by atoms with Crippen LogP contribution in [0.2, 0.25) is 0 Å². The highest BCUT2D eigenvalue weighted by Gasteiger charge is 2.42. The number of carboxylic acid groups (broad SMARTS) is 1. The number of pyridine rings is 2. The van der Waals surface area contributed by atoms with Gasteiger partial charge >= 0.3 is 6.09 Å². The van der Waals surface area contributed by atoms with E-state index in [9.17, 15) is 9.59 Å². The van der Waals surface area contributed by atoms with Gasteiger partial charge in [-0.1, -0.05) is 0 Å². The van der Waals surface area contributed by atoms with Crippen LogP contribution in [0.5, 0.6) is 5.88 Å². The van der Waals surface area contributed by atoms with Crippen LogP contribution in [0.4, 0.5) is 10.5 Å². The molecule has 0 atom stereocenters. The number of anilines is 1. The molecule has 9 heteroatoms. The van der Waals surface area contributed by atoms with Gasteiger partial charge in [0.25, 0.3) is 5.91 Å². The van der Waals surface area contributed by atoms with Gasteiger partial charge in [0.2, 0.25) is 5.88 Å². The van der Waals surface area contributed by atoms with E-state index in [4.69, 9.17) is 14.6 Å². The number of fused-ring (bicyclic) bond motifs is 1. The first-order chi connectivity index (χ1) is 12.5. The second-order valence-electron chi connectivity index (χ2n) is 6.00. The maximum absolute atomic E-state index is 12.9. The topological polar surface area (TPSA) is 114 Å². The van der Waals surface area contributed by atoms with Crippen molar-refractivity contribution in [2.24, 2.45) is 0 Å². The van der Waals surface area contributed by atoms with E-state index in [2.05, 4.69) is 15.3 Å². The van der Waals surface area contributed by atoms with Gasteiger partial charge in [-0.25, -0.2) is 9.78 Å². The number of piperidine rings is 1. The number of amides is 2. The van der Waals surface area contributed by atoms with Crippen molar-refractivity contribution in [3.63, 3.8) is 0 Å². The number of aromatic nitrogens is 2. The largest absolute Gasteiger partial charge is 0.481 e. The molecule has 2 aromatic heterocycles. The minimum absolute atomic E-state index is 0.236. The summed E-state index contributed by atoms with van der Waals surface area (Å²) in [6.45, 7) is 0.472. The second-order valence-corrected chi connectivity index (χ2v) is 6.00. The first-order valence-corrected chi connectivity index (χ1v) is 8.13. The minimum Gasteiger partial charge on any atom is -0.481 e. The number of likely N-dealkylation sites (tertiary alicyclic amines) is 1. The van der Waals surface area contributed by atoms with Crippen LogP contribution >= 0.6 is 0 Å². The molecular formula is C17H20N4O5. The van der Waals surface area contributed by atoms with Gasteiger partial charge in [0.1, 0.15) is 11.1 Å². The van der Waals surface area contributed by atoms with Gasteiger partial charge in [0.05, 0.1) is 18.3 Å². The van der Waals surface area contributed by atoms with E-state index in [1.165, 1.54) is 19.1 Å². The highest BCUT2D eigenvalue weighted by Crippen LogP contribution is 2.29. The molecule has 2 amide bonds. The monoisotopic (exact) mass is 360 g/mol. The quantitative estimate of drug-likeness (QED) is 0.853. The Bertz CT molecular complexity index is 833. The molecule has 0 radical (unpaired) electrons. The summed E-state index contributed by atoms with van der Waals surface area (Å²) in [6, 6.07) is 5.11. The lowest BCUT2D eigenvalue weighted by atomic mass is 9.90. The molecular weight excluding hydrogens is 340 g/mol. The molecule has 1 fully saturated rings. The molecule has 2 aromatic rings. The van der Waals surface area contributed by atoms with Crippen molar-refractivity contribution in [1.82, 2.24) is 14.9 Å². The summed E-state index contributed by atoms with van der Waals surface area (Å²) < 4.78 is 10.6. The van der Waals surface area contributed by atoms with Crippen LogP contribution in [0.1, 0.15) is 12.8 Å². The maximum atomic E-state index is 12.9. The van der Waals surface area contributed by atoms with Gasteiger partial charge in [0.15, 0.2) is 0 Å². The number of hydrogen-bond donors (Lipinski definition) is 2. The predicted molar refractivity (Wildman–Crippen MR) is 93.3 cm³/mol. The number of rotatable bonds is 4. The summed E-state index contributed by atoms with van der Waals surface area (Å²) >= 11 is 0. The Balaban J connectivity index is 1.85. The van der Waals surface area contributed by atoms with Crippen LogP contribution in [0.15, 0.2) is 24.4 Å². The van der Waals surface area contributed by atoms with Crippen LogP contribution < -0.4 is 10.1 Å². The van der Waals surface area contributed by atoms with Gasteiger partial charge < -0.3 is 24.8 Å². The number of carbonyl (C=O) groups excluding carboxylic acids is 1. The summed E-state index contributed by atoms with van der Waals surface area (Å²) in [6.07, 6.45) is 1.15. The molecule has 0 saturated carbocycles. The van der Waals surface area contributed by atoms with E-state index < -0.39 is 11.7 Å². The summed E-state index contributed by atoms with van der Waals surface area (Å²) in [5.74, 6) is 0.0828. The summed E-state index contributed by atoms with van der Waals surface area (Å²) in [5, 5.41) is 11.9. The van der Waals surface area contributed by atoms with Crippen LogP contribution in [0, 0.1) is 0 Å². The number of methoxy groups -OCH3 is 2. The van der Waals surface area contributed by atoms with Crippen LogP contribution in [0.25, 0.3) is 11.0 Å². The summed E-state index contributed by atoms with van der Waals surface area (Å²) in [7, 11) is 2.97. The number of ether oxygens (including phenoxy) is 2. The third-order valence-electron chi connectivity index (χ3n) is 4.66. The van der Waals surface area contributed by atoms with Crippen LogP contribution in [-0.4, -0.2) is 64.9 Å². The predicted octanol–water partition coefficient (Wildman–Crippen LogP) is 1.74. The average Bonchev–Trinajstić information content (AvgIpc) is 2.67. The van der Waals surface area contributed by atoms with E-state index >= 15 is 0 Å². The molecule has 3 rings (SSSR count). The summed E-state index contributed by atoms with van der Waals surface area (Å²) in [4.78, 5) is 33.9. The highest BCUT2D eigenvalue weighted by atomic mass is 16.5. The zero-order chi connectivity index (χ0) is 18.7. The number of hydrogen-bond acceptors (Lipinski definition) is 6. The fourth-order valence-corrected chi connectivity index (χ4v) is 3.04. The van der Waals surface area contributed by atoms with E-state index in [-0.39, 0.29) is 31.8 Å². The van der Waals surface area contributed by atoms with Crippen molar-refractivity contribution >= 4 is 28.7 Å². The average molecular weight is 360 g/mol. The smallest absolute Gasteiger partial charge is 0.407 e. The molecule has 0 spiro atoms. The number of carbonyl (C=O) groups is 2. The van der Waals surface area contributed by atoms with Crippen molar-refractivity contribution in [2.75, 3.05) is 32.6 Å². The third-order valence-corrected chi connectivity index (χ3v) is 4.66. The maximum Gasteiger partial charge on any atom is 0.407 e. The van der Waals surface area contributed by atoms with Gasteiger partial charge in [-0.15, -0.1) is 0 Å². The van der Waals surface area contributed by atoms with Gasteiger partial charge in [-0.3, -0.25) is 9.78 Å². The van der Waals surface area contributed by atoms with Crippen molar-refractivity contribution in [3.05, 3.63) is 24.4 Å². The fourth-order valence-electron chi connectivity index (χ4n) is 3.04. The lowest BCUT2D eigenvalue weighted by Crippen LogP contribution is -2.53. The fraction of sp³-hybridized carbons (Fsp3) is 0.412. The standard InChI is InChI=1S/C17H20N4O5/c1-25-13-4-3-11-14(20-13)12(5-8-18-11)19-15(22)17(26-2)6-9-21(10-7-17)16(23)24/h3-5,8H,6-7,9-10H2,1-2H3,(H,23,24)(H,18,19,22). The second kappa shape index (κ2) is 7.12. The normalized spacial score (nSPS) is 16.3. The minimum atomic E-state index is -1.08. The van der Waals surface area contributed by atoms with E-state index in [0.29, 0.717) is 22.6 Å². The lowest BCUT2D eigenvalue weighted by Gasteiger charge is -2.38. The number of nitrogens with one attached hydrogen (secondary N) is 1. The Morgan fingerprint density at radius 1 is 1.23 bits per heavy atom. The summed E-state index contributed by atoms with van der Waals surface area (Å²) in [5.41, 5.74) is 0.543. The van der Waals surface area contributed by atoms with E-state index in [1.54, 1.807) is 24.4 Å². The molecule has 3 heterocycles. The Hall–Kier alpha value is -2.94. The Labute approximate surface area is 149 Å². The SMILES string of the molecule is COc1ccc2nccc(NC(=O)C3(OC)CCN(C(=O)O)CC3)c2n1. The van der Waals surface area contributed by atoms with Gasteiger partial charge in [0, 0.05) is 45.3 Å². The van der Waals surface area contributed by atoms with Crippen molar-refractivity contribution < 1.29 is 24.2 Å². The van der Waals surface area contributed by atoms with E-state index in [0.717, 1.165) is 0 Å². The first-order valence-electron chi connectivity index (χ1n) is 8.13. The molecule has 9 nitrogen and oxygen atoms in total. The Morgan fingerprint density at radius 3 is 2.58 bits per heavy atom. The first kappa shape index (κ1) is 17.9. The Morgan fingerprint density at radius 2 is 1.96 bits per heavy atom. The molecule has 0 aliphatic carbocycles. The van der Waals surface area contributed by atoms with Crippen molar-refractivity contribution in [2.45, 2.75) is 18.4 Å². The molecule has 26 heavy (non-hydrogen) atoms. The van der Waals surface area contributed by atoms with Crippen LogP contribution in [-0.2, 0) is 9.53 Å².